The molecule has 0 saturated carbocycles. The molecule has 7 heteroatoms. The van der Waals surface area contributed by atoms with E-state index >= 15 is 0 Å². The second-order valence-corrected chi connectivity index (χ2v) is 6.24. The molecule has 0 saturated heterocycles. The van der Waals surface area contributed by atoms with Crippen LogP contribution in [0.3, 0.4) is 0 Å². The van der Waals surface area contributed by atoms with Gasteiger partial charge in [-0.1, -0.05) is 47.5 Å². The van der Waals surface area contributed by atoms with Crippen LogP contribution >= 0.6 is 34.5 Å². The minimum Gasteiger partial charge on any atom is -0.477 e. The summed E-state index contributed by atoms with van der Waals surface area (Å²) in [6.07, 6.45) is 2.45. The fourth-order valence-electron chi connectivity index (χ4n) is 2.18. The topological polar surface area (TPSA) is 54.6 Å². The molecule has 0 amide bonds. The third-order valence-electron chi connectivity index (χ3n) is 3.16. The fourth-order valence-corrected chi connectivity index (χ4v) is 3.51. The van der Waals surface area contributed by atoms with Crippen molar-refractivity contribution in [1.82, 2.24) is 9.38 Å². The summed E-state index contributed by atoms with van der Waals surface area (Å²) in [5, 5.41) is 10.2. The fraction of sp³-hybridized carbons (Fsp3) is 0.143. The Balaban J connectivity index is 2.15. The van der Waals surface area contributed by atoms with Crippen molar-refractivity contribution >= 4 is 45.5 Å². The van der Waals surface area contributed by atoms with E-state index in [0.717, 1.165) is 17.0 Å². The monoisotopic (exact) mass is 340 g/mol. The average molecular weight is 341 g/mol. The van der Waals surface area contributed by atoms with Crippen LogP contribution in [0.25, 0.3) is 16.2 Å². The first-order valence-electron chi connectivity index (χ1n) is 6.20. The SMILES string of the molecule is CCc1c(C(=O)O)sc2nc(-c3ccc(Cl)c(Cl)c3)cn12. The number of halogens is 2. The minimum absolute atomic E-state index is 0.334. The minimum atomic E-state index is -0.918. The number of hydrogen-bond acceptors (Lipinski definition) is 3. The lowest BCUT2D eigenvalue weighted by atomic mass is 10.2. The Bertz CT molecular complexity index is 854. The van der Waals surface area contributed by atoms with E-state index in [1.165, 1.54) is 11.3 Å². The molecule has 0 spiro atoms. The Kier molecular flexibility index (Phi) is 3.65. The van der Waals surface area contributed by atoms with Crippen LogP contribution < -0.4 is 0 Å². The van der Waals surface area contributed by atoms with E-state index in [2.05, 4.69) is 4.98 Å². The third kappa shape index (κ3) is 2.41. The Labute approximate surface area is 134 Å². The van der Waals surface area contributed by atoms with E-state index < -0.39 is 5.97 Å². The first kappa shape index (κ1) is 14.4. The summed E-state index contributed by atoms with van der Waals surface area (Å²) in [4.78, 5) is 16.7. The Morgan fingerprint density at radius 2 is 2.14 bits per heavy atom. The maximum atomic E-state index is 11.2. The van der Waals surface area contributed by atoms with Gasteiger partial charge in [-0.15, -0.1) is 0 Å². The molecule has 0 atom stereocenters. The summed E-state index contributed by atoms with van der Waals surface area (Å²) in [6, 6.07) is 5.31. The van der Waals surface area contributed by atoms with Crippen LogP contribution in [0.4, 0.5) is 0 Å². The zero-order valence-corrected chi connectivity index (χ0v) is 13.3. The summed E-state index contributed by atoms with van der Waals surface area (Å²) in [6.45, 7) is 1.92. The Morgan fingerprint density at radius 1 is 1.38 bits per heavy atom. The second kappa shape index (κ2) is 5.33. The molecule has 21 heavy (non-hydrogen) atoms. The van der Waals surface area contributed by atoms with Crippen molar-refractivity contribution < 1.29 is 9.90 Å². The number of imidazole rings is 1. The van der Waals surface area contributed by atoms with Gasteiger partial charge in [0.2, 0.25) is 0 Å². The van der Waals surface area contributed by atoms with Crippen LogP contribution in [0.2, 0.25) is 10.0 Å². The van der Waals surface area contributed by atoms with Crippen LogP contribution in [0.1, 0.15) is 22.3 Å². The molecular formula is C14H10Cl2N2O2S. The van der Waals surface area contributed by atoms with Crippen molar-refractivity contribution in [3.63, 3.8) is 0 Å². The number of carboxylic acid groups (broad SMARTS) is 1. The van der Waals surface area contributed by atoms with Gasteiger partial charge in [-0.2, -0.15) is 0 Å². The zero-order valence-electron chi connectivity index (χ0n) is 10.9. The predicted octanol–water partition coefficient (Wildman–Crippen LogP) is 4.63. The van der Waals surface area contributed by atoms with E-state index in [-0.39, 0.29) is 0 Å². The normalized spacial score (nSPS) is 11.2. The number of nitrogens with zero attached hydrogens (tertiary/aromatic N) is 2. The third-order valence-corrected chi connectivity index (χ3v) is 4.99. The number of aromatic carboxylic acids is 1. The Morgan fingerprint density at radius 3 is 2.76 bits per heavy atom. The molecule has 1 aromatic carbocycles. The smallest absolute Gasteiger partial charge is 0.347 e. The summed E-state index contributed by atoms with van der Waals surface area (Å²) >= 11 is 13.1. The van der Waals surface area contributed by atoms with Crippen LogP contribution in [-0.2, 0) is 6.42 Å². The van der Waals surface area contributed by atoms with E-state index in [4.69, 9.17) is 23.2 Å². The molecule has 108 valence electrons. The van der Waals surface area contributed by atoms with Crippen molar-refractivity contribution in [3.05, 3.63) is 45.0 Å². The number of aromatic nitrogens is 2. The van der Waals surface area contributed by atoms with E-state index in [1.807, 2.05) is 23.6 Å². The number of hydrogen-bond donors (Lipinski definition) is 1. The molecule has 3 rings (SSSR count). The largest absolute Gasteiger partial charge is 0.477 e. The summed E-state index contributed by atoms with van der Waals surface area (Å²) in [5.74, 6) is -0.918. The number of benzene rings is 1. The van der Waals surface area contributed by atoms with Gasteiger partial charge in [0.15, 0.2) is 4.96 Å². The highest BCUT2D eigenvalue weighted by Crippen LogP contribution is 2.31. The lowest BCUT2D eigenvalue weighted by Crippen LogP contribution is -1.99. The van der Waals surface area contributed by atoms with Gasteiger partial charge in [0, 0.05) is 17.5 Å². The number of aryl methyl sites for hydroxylation is 1. The molecule has 0 unspecified atom stereocenters. The van der Waals surface area contributed by atoms with E-state index in [0.29, 0.717) is 26.3 Å². The molecule has 2 aromatic heterocycles. The highest BCUT2D eigenvalue weighted by atomic mass is 35.5. The van der Waals surface area contributed by atoms with Crippen molar-refractivity contribution in [2.24, 2.45) is 0 Å². The van der Waals surface area contributed by atoms with Crippen LogP contribution in [0.5, 0.6) is 0 Å². The number of rotatable bonds is 3. The number of carbonyl (C=O) groups is 1. The van der Waals surface area contributed by atoms with Crippen molar-refractivity contribution in [1.29, 1.82) is 0 Å². The maximum Gasteiger partial charge on any atom is 0.347 e. The first-order valence-corrected chi connectivity index (χ1v) is 7.78. The lowest BCUT2D eigenvalue weighted by Gasteiger charge is -2.00. The number of carboxylic acids is 1. The molecule has 4 nitrogen and oxygen atoms in total. The van der Waals surface area contributed by atoms with Crippen LogP contribution in [0, 0.1) is 0 Å². The molecule has 2 heterocycles. The number of thiazole rings is 1. The molecule has 0 radical (unpaired) electrons. The second-order valence-electron chi connectivity index (χ2n) is 4.44. The molecule has 0 aliphatic rings. The van der Waals surface area contributed by atoms with Gasteiger partial charge >= 0.3 is 5.97 Å². The zero-order chi connectivity index (χ0) is 15.1. The van der Waals surface area contributed by atoms with Gasteiger partial charge in [0.1, 0.15) is 4.88 Å². The highest BCUT2D eigenvalue weighted by Gasteiger charge is 2.19. The molecule has 1 N–H and O–H groups in total. The molecule has 0 fully saturated rings. The van der Waals surface area contributed by atoms with Crippen molar-refractivity contribution in [3.8, 4) is 11.3 Å². The number of fused-ring (bicyclic) bond motifs is 1. The average Bonchev–Trinajstić information content (AvgIpc) is 2.98. The lowest BCUT2D eigenvalue weighted by molar-refractivity contribution is 0.0700. The molecule has 0 aliphatic carbocycles. The first-order chi connectivity index (χ1) is 10.0. The molecular weight excluding hydrogens is 331 g/mol. The summed E-state index contributed by atoms with van der Waals surface area (Å²) < 4.78 is 1.83. The van der Waals surface area contributed by atoms with Crippen molar-refractivity contribution in [2.45, 2.75) is 13.3 Å². The van der Waals surface area contributed by atoms with Crippen LogP contribution in [-0.4, -0.2) is 20.5 Å². The maximum absolute atomic E-state index is 11.2. The Hall–Kier alpha value is -1.56. The quantitative estimate of drug-likeness (QED) is 0.756. The van der Waals surface area contributed by atoms with Gasteiger partial charge in [-0.25, -0.2) is 9.78 Å². The van der Waals surface area contributed by atoms with Gasteiger partial charge in [0.05, 0.1) is 15.7 Å². The molecule has 0 aliphatic heterocycles. The van der Waals surface area contributed by atoms with Crippen LogP contribution in [0.15, 0.2) is 24.4 Å². The molecule has 3 aromatic rings. The van der Waals surface area contributed by atoms with Gasteiger partial charge < -0.3 is 5.11 Å². The van der Waals surface area contributed by atoms with Gasteiger partial charge in [-0.3, -0.25) is 4.40 Å². The van der Waals surface area contributed by atoms with Gasteiger partial charge in [-0.05, 0) is 18.6 Å². The highest BCUT2D eigenvalue weighted by molar-refractivity contribution is 7.19. The summed E-state index contributed by atoms with van der Waals surface area (Å²) in [7, 11) is 0. The van der Waals surface area contributed by atoms with Gasteiger partial charge in [0.25, 0.3) is 0 Å². The standard InChI is InChI=1S/C14H10Cl2N2O2S/c1-2-11-12(13(19)20)21-14-17-10(6-18(11)14)7-3-4-8(15)9(16)5-7/h3-6H,2H2,1H3,(H,19,20). The molecule has 0 bridgehead atoms. The summed E-state index contributed by atoms with van der Waals surface area (Å²) in [5.41, 5.74) is 2.34. The van der Waals surface area contributed by atoms with Crippen molar-refractivity contribution in [2.75, 3.05) is 0 Å². The van der Waals surface area contributed by atoms with E-state index in [9.17, 15) is 9.90 Å². The van der Waals surface area contributed by atoms with E-state index in [1.54, 1.807) is 12.1 Å². The predicted molar refractivity (Wildman–Crippen MR) is 84.9 cm³/mol.